The van der Waals surface area contributed by atoms with E-state index in [9.17, 15) is 0 Å². The first-order valence-corrected chi connectivity index (χ1v) is 43.3. The summed E-state index contributed by atoms with van der Waals surface area (Å²) < 4.78 is 60.7. The highest BCUT2D eigenvalue weighted by Crippen LogP contribution is 2.37. The normalized spacial score (nSPS) is 28.5. The minimum absolute atomic E-state index is 0.894. The maximum Gasteiger partial charge on any atom is 0.317 e. The highest BCUT2D eigenvalue weighted by molar-refractivity contribution is 6.95. The zero-order chi connectivity index (χ0) is 32.2. The molecule has 0 unspecified atom stereocenters. The average Bonchev–Trinajstić information content (AvgIpc) is 2.56. The van der Waals surface area contributed by atoms with Crippen molar-refractivity contribution in [1.82, 2.24) is 0 Å². The van der Waals surface area contributed by atoms with Crippen LogP contribution in [0.1, 0.15) is 0 Å². The molecule has 2 aliphatic heterocycles. The van der Waals surface area contributed by atoms with E-state index < -0.39 is 85.1 Å². The van der Waals surface area contributed by atoms with Gasteiger partial charge in [-0.05, 0) is 142 Å². The summed E-state index contributed by atoms with van der Waals surface area (Å²) in [4.78, 5) is 0. The summed E-state index contributed by atoms with van der Waals surface area (Å²) in [6.45, 7) is 39.3. The summed E-state index contributed by atoms with van der Waals surface area (Å²) in [6, 6.07) is 3.77. The zero-order valence-corrected chi connectivity index (χ0v) is 39.5. The molecule has 0 aliphatic carbocycles. The minimum Gasteiger partial charge on any atom is -0.456 e. The van der Waals surface area contributed by atoms with Gasteiger partial charge in [0.25, 0.3) is 0 Å². The van der Waals surface area contributed by atoms with Crippen LogP contribution in [0.2, 0.25) is 142 Å². The molecule has 9 nitrogen and oxygen atoms in total. The second-order valence-electron chi connectivity index (χ2n) is 16.1. The quantitative estimate of drug-likeness (QED) is 0.230. The standard InChI is InChI=1S/C22H62O9Si10/c1-32(2,19-21-40(17)28-36(9,10)24-34(5,6)25-37(11,12)29-40)23-33(3,4)20-22-41(18)30-38(13,14)26-35(7,8)27-39(15,16)31-41/h19-22H2,1-18H3. The van der Waals surface area contributed by atoms with Crippen molar-refractivity contribution in [1.29, 1.82) is 0 Å². The highest BCUT2D eigenvalue weighted by atomic mass is 28.5. The van der Waals surface area contributed by atoms with Crippen LogP contribution in [0.4, 0.5) is 0 Å². The van der Waals surface area contributed by atoms with E-state index in [0.29, 0.717) is 0 Å². The van der Waals surface area contributed by atoms with Crippen LogP contribution in [0.15, 0.2) is 0 Å². The van der Waals surface area contributed by atoms with E-state index in [-0.39, 0.29) is 0 Å². The summed E-state index contributed by atoms with van der Waals surface area (Å²) >= 11 is 0. The number of rotatable bonds is 8. The smallest absolute Gasteiger partial charge is 0.317 e. The first-order chi connectivity index (χ1) is 17.8. The van der Waals surface area contributed by atoms with Crippen LogP contribution < -0.4 is 0 Å². The fourth-order valence-electron chi connectivity index (χ4n) is 6.72. The molecule has 0 N–H and O–H groups in total. The van der Waals surface area contributed by atoms with Gasteiger partial charge in [0.2, 0.25) is 0 Å². The Kier molecular flexibility index (Phi) is 11.8. The third-order valence-corrected chi connectivity index (χ3v) is 47.9. The van der Waals surface area contributed by atoms with Gasteiger partial charge in [0.1, 0.15) is 0 Å². The van der Waals surface area contributed by atoms with E-state index in [0.717, 1.165) is 24.2 Å². The Labute approximate surface area is 262 Å². The first kappa shape index (κ1) is 39.0. The molecule has 0 saturated carbocycles. The molecule has 0 radical (unpaired) electrons. The van der Waals surface area contributed by atoms with E-state index >= 15 is 0 Å². The van der Waals surface area contributed by atoms with E-state index in [1.54, 1.807) is 0 Å². The monoisotopic (exact) mass is 750 g/mol. The van der Waals surface area contributed by atoms with Gasteiger partial charge in [0.15, 0.2) is 16.6 Å². The van der Waals surface area contributed by atoms with Crippen molar-refractivity contribution in [2.75, 3.05) is 0 Å². The van der Waals surface area contributed by atoms with Crippen LogP contribution in [-0.2, 0) is 37.0 Å². The molecule has 0 aromatic heterocycles. The maximum absolute atomic E-state index is 7.12. The van der Waals surface area contributed by atoms with Crippen LogP contribution in [0.5, 0.6) is 0 Å². The van der Waals surface area contributed by atoms with E-state index in [2.05, 4.69) is 118 Å². The van der Waals surface area contributed by atoms with E-state index in [1.807, 2.05) is 0 Å². The lowest BCUT2D eigenvalue weighted by Gasteiger charge is -2.48. The fourth-order valence-corrected chi connectivity index (χ4v) is 63.5. The van der Waals surface area contributed by atoms with Gasteiger partial charge in [0.05, 0.1) is 0 Å². The second-order valence-corrected chi connectivity index (χ2v) is 53.8. The van der Waals surface area contributed by atoms with Crippen LogP contribution in [0.3, 0.4) is 0 Å². The van der Waals surface area contributed by atoms with Gasteiger partial charge in [-0.1, -0.05) is 0 Å². The predicted octanol–water partition coefficient (Wildman–Crippen LogP) is 7.93. The number of hydrogen-bond donors (Lipinski definition) is 0. The highest BCUT2D eigenvalue weighted by Gasteiger charge is 2.54. The third kappa shape index (κ3) is 13.6. The van der Waals surface area contributed by atoms with Crippen molar-refractivity contribution < 1.29 is 37.0 Å². The Morgan fingerprint density at radius 3 is 0.780 bits per heavy atom. The zero-order valence-electron chi connectivity index (χ0n) is 29.5. The molecular formula is C22H62O9Si10. The van der Waals surface area contributed by atoms with Crippen LogP contribution >= 0.6 is 0 Å². The first-order valence-electron chi connectivity index (χ1n) is 15.1. The maximum atomic E-state index is 7.12. The fraction of sp³-hybridized carbons (Fsp3) is 1.00. The van der Waals surface area contributed by atoms with Crippen LogP contribution in [-0.4, -0.2) is 85.1 Å². The Morgan fingerprint density at radius 2 is 0.561 bits per heavy atom. The van der Waals surface area contributed by atoms with Gasteiger partial charge in [-0.2, -0.15) is 0 Å². The molecule has 0 amide bonds. The van der Waals surface area contributed by atoms with Crippen molar-refractivity contribution in [3.05, 3.63) is 0 Å². The number of hydrogen-bond acceptors (Lipinski definition) is 9. The van der Waals surface area contributed by atoms with Crippen LogP contribution in [0, 0.1) is 0 Å². The van der Waals surface area contributed by atoms with Gasteiger partial charge in [0, 0.05) is 0 Å². The molecule has 0 aromatic rings. The molecule has 2 fully saturated rings. The van der Waals surface area contributed by atoms with Crippen molar-refractivity contribution >= 4 is 85.1 Å². The van der Waals surface area contributed by atoms with E-state index in [1.165, 1.54) is 0 Å². The van der Waals surface area contributed by atoms with Crippen molar-refractivity contribution in [2.24, 2.45) is 0 Å². The van der Waals surface area contributed by atoms with Gasteiger partial charge >= 0.3 is 68.5 Å². The average molecular weight is 752 g/mol. The summed E-state index contributed by atoms with van der Waals surface area (Å²) in [5, 5.41) is 0. The molecule has 0 spiro atoms. The molecule has 19 heteroatoms. The van der Waals surface area contributed by atoms with Crippen molar-refractivity contribution in [2.45, 2.75) is 142 Å². The lowest BCUT2D eigenvalue weighted by Crippen LogP contribution is -2.65. The lowest BCUT2D eigenvalue weighted by atomic mass is 10.9. The predicted molar refractivity (Wildman–Crippen MR) is 192 cm³/mol. The molecule has 41 heavy (non-hydrogen) atoms. The third-order valence-electron chi connectivity index (χ3n) is 6.73. The van der Waals surface area contributed by atoms with Crippen molar-refractivity contribution in [3.63, 3.8) is 0 Å². The van der Waals surface area contributed by atoms with Crippen LogP contribution in [0.25, 0.3) is 0 Å². The van der Waals surface area contributed by atoms with Crippen molar-refractivity contribution in [3.8, 4) is 0 Å². The molecule has 0 bridgehead atoms. The molecule has 2 rings (SSSR count). The second kappa shape index (κ2) is 12.4. The molecule has 244 valence electrons. The lowest BCUT2D eigenvalue weighted by molar-refractivity contribution is 0.232. The Balaban J connectivity index is 2.11. The molecule has 2 heterocycles. The van der Waals surface area contributed by atoms with Gasteiger partial charge < -0.3 is 37.0 Å². The van der Waals surface area contributed by atoms with E-state index in [4.69, 9.17) is 37.0 Å². The molecular weight excluding hydrogens is 689 g/mol. The molecule has 0 atom stereocenters. The van der Waals surface area contributed by atoms with Gasteiger partial charge in [-0.15, -0.1) is 0 Å². The summed E-state index contributed by atoms with van der Waals surface area (Å²) in [5.41, 5.74) is 0. The minimum atomic E-state index is -2.53. The topological polar surface area (TPSA) is 83.1 Å². The summed E-state index contributed by atoms with van der Waals surface area (Å²) in [6.07, 6.45) is 0. The Morgan fingerprint density at radius 1 is 0.366 bits per heavy atom. The Bertz CT molecular complexity index is 812. The molecule has 2 saturated heterocycles. The largest absolute Gasteiger partial charge is 0.456 e. The SMILES string of the molecule is C[Si](C)(CC[Si]1(C)O[Si](C)(C)O[Si](C)(C)O[Si](C)(C)O1)O[Si](C)(C)CC[Si]1(C)O[Si](C)(C)O[Si](C)(C)O[Si](C)(C)O1. The molecule has 0 aromatic carbocycles. The summed E-state index contributed by atoms with van der Waals surface area (Å²) in [7, 11) is -23.3. The van der Waals surface area contributed by atoms with Gasteiger partial charge in [-0.25, -0.2) is 0 Å². The molecule has 2 aliphatic rings. The van der Waals surface area contributed by atoms with Gasteiger partial charge in [-0.3, -0.25) is 0 Å². The summed E-state index contributed by atoms with van der Waals surface area (Å²) in [5.74, 6) is 0. The Hall–Kier alpha value is 1.81.